The van der Waals surface area contributed by atoms with E-state index >= 15 is 0 Å². The molecule has 0 saturated carbocycles. The number of para-hydroxylation sites is 1. The van der Waals surface area contributed by atoms with Crippen LogP contribution in [0.15, 0.2) is 53.4 Å². The van der Waals surface area contributed by atoms with E-state index in [1.54, 1.807) is 37.3 Å². The number of nitrogens with one attached hydrogen (secondary N) is 1. The van der Waals surface area contributed by atoms with E-state index in [4.69, 9.17) is 16.3 Å². The maximum Gasteiger partial charge on any atom is 0.265 e. The average Bonchev–Trinajstić information content (AvgIpc) is 3.17. The molecule has 28 heavy (non-hydrogen) atoms. The van der Waals surface area contributed by atoms with Crippen LogP contribution in [0.4, 0.5) is 11.4 Å². The van der Waals surface area contributed by atoms with E-state index in [-0.39, 0.29) is 34.9 Å². The first-order chi connectivity index (χ1) is 13.4. The molecule has 1 atom stereocenters. The first-order valence-electron chi connectivity index (χ1n) is 9.20. The highest BCUT2D eigenvalue weighted by atomic mass is 35.5. The number of carbonyl (C=O) groups excluding carboxylic acids is 1. The van der Waals surface area contributed by atoms with Crippen molar-refractivity contribution in [2.24, 2.45) is 0 Å². The smallest absolute Gasteiger partial charge is 0.265 e. The van der Waals surface area contributed by atoms with Gasteiger partial charge in [-0.2, -0.15) is 0 Å². The lowest BCUT2D eigenvalue weighted by Crippen LogP contribution is -2.31. The fourth-order valence-corrected chi connectivity index (χ4v) is 5.18. The molecule has 1 aliphatic rings. The molecule has 0 unspecified atom stereocenters. The van der Waals surface area contributed by atoms with Gasteiger partial charge in [-0.05, 0) is 50.1 Å². The number of amides is 1. The molecule has 0 radical (unpaired) electrons. The number of ether oxygens (including phenoxy) is 1. The van der Waals surface area contributed by atoms with Crippen molar-refractivity contribution in [3.63, 3.8) is 0 Å². The SMILES string of the molecule is CCN(c1ccccc1)S(=O)(=O)c1cc(NC(=O)C[C@H]2CCCO2)ccc1Cl. The number of benzene rings is 2. The van der Waals surface area contributed by atoms with Gasteiger partial charge in [0, 0.05) is 18.8 Å². The molecule has 1 fully saturated rings. The van der Waals surface area contributed by atoms with E-state index in [2.05, 4.69) is 5.32 Å². The lowest BCUT2D eigenvalue weighted by molar-refractivity contribution is -0.118. The molecule has 2 aromatic rings. The van der Waals surface area contributed by atoms with E-state index in [0.717, 1.165) is 12.8 Å². The first-order valence-corrected chi connectivity index (χ1v) is 11.0. The van der Waals surface area contributed by atoms with Crippen LogP contribution in [0.2, 0.25) is 5.02 Å². The van der Waals surface area contributed by atoms with E-state index < -0.39 is 10.0 Å². The summed E-state index contributed by atoms with van der Waals surface area (Å²) in [6.07, 6.45) is 1.98. The predicted octanol–water partition coefficient (Wildman–Crippen LogP) is 4.06. The van der Waals surface area contributed by atoms with Crippen molar-refractivity contribution < 1.29 is 17.9 Å². The number of hydrogen-bond donors (Lipinski definition) is 1. The molecule has 0 aromatic heterocycles. The Hall–Kier alpha value is -2.09. The predicted molar refractivity (Wildman–Crippen MR) is 110 cm³/mol. The van der Waals surface area contributed by atoms with Gasteiger partial charge in [0.25, 0.3) is 10.0 Å². The molecule has 150 valence electrons. The third kappa shape index (κ3) is 4.66. The van der Waals surface area contributed by atoms with Gasteiger partial charge in [-0.25, -0.2) is 8.42 Å². The van der Waals surface area contributed by atoms with Crippen molar-refractivity contribution in [3.05, 3.63) is 53.6 Å². The van der Waals surface area contributed by atoms with Gasteiger partial charge >= 0.3 is 0 Å². The van der Waals surface area contributed by atoms with Crippen LogP contribution in [0, 0.1) is 0 Å². The number of carbonyl (C=O) groups is 1. The molecule has 1 heterocycles. The molecule has 1 N–H and O–H groups in total. The number of hydrogen-bond acceptors (Lipinski definition) is 4. The Morgan fingerprint density at radius 3 is 2.64 bits per heavy atom. The van der Waals surface area contributed by atoms with Gasteiger partial charge in [0.15, 0.2) is 0 Å². The second-order valence-electron chi connectivity index (χ2n) is 6.54. The molecular formula is C20H23ClN2O4S. The van der Waals surface area contributed by atoms with Crippen LogP contribution in [-0.2, 0) is 19.6 Å². The standard InChI is InChI=1S/C20H23ClN2O4S/c1-2-23(16-7-4-3-5-8-16)28(25,26)19-13-15(10-11-18(19)21)22-20(24)14-17-9-6-12-27-17/h3-5,7-8,10-11,13,17H,2,6,9,12,14H2,1H3,(H,22,24)/t17-/m1/s1. The topological polar surface area (TPSA) is 75.7 Å². The molecule has 0 bridgehead atoms. The highest BCUT2D eigenvalue weighted by Gasteiger charge is 2.27. The Morgan fingerprint density at radius 2 is 2.00 bits per heavy atom. The molecule has 2 aromatic carbocycles. The molecular weight excluding hydrogens is 400 g/mol. The lowest BCUT2D eigenvalue weighted by Gasteiger charge is -2.23. The summed E-state index contributed by atoms with van der Waals surface area (Å²) in [6.45, 7) is 2.68. The maximum absolute atomic E-state index is 13.2. The molecule has 6 nitrogen and oxygen atoms in total. The molecule has 1 amide bonds. The zero-order chi connectivity index (χ0) is 20.1. The number of halogens is 1. The van der Waals surface area contributed by atoms with E-state index in [1.807, 2.05) is 6.07 Å². The number of sulfonamides is 1. The first kappa shape index (κ1) is 20.6. The summed E-state index contributed by atoms with van der Waals surface area (Å²) in [4.78, 5) is 12.2. The average molecular weight is 423 g/mol. The normalized spacial score (nSPS) is 16.7. The summed E-state index contributed by atoms with van der Waals surface area (Å²) in [7, 11) is -3.89. The minimum Gasteiger partial charge on any atom is -0.378 e. The summed E-state index contributed by atoms with van der Waals surface area (Å²) < 4.78 is 33.2. The Balaban J connectivity index is 1.84. The van der Waals surface area contributed by atoms with Crippen LogP contribution in [0.3, 0.4) is 0 Å². The van der Waals surface area contributed by atoms with Crippen molar-refractivity contribution in [2.75, 3.05) is 22.8 Å². The summed E-state index contributed by atoms with van der Waals surface area (Å²) in [5, 5.41) is 2.85. The van der Waals surface area contributed by atoms with Crippen molar-refractivity contribution in [3.8, 4) is 0 Å². The minimum absolute atomic E-state index is 0.0465. The molecule has 1 aliphatic heterocycles. The van der Waals surface area contributed by atoms with Crippen LogP contribution in [0.1, 0.15) is 26.2 Å². The van der Waals surface area contributed by atoms with Crippen LogP contribution in [0.25, 0.3) is 0 Å². The highest BCUT2D eigenvalue weighted by molar-refractivity contribution is 7.93. The Morgan fingerprint density at radius 1 is 1.25 bits per heavy atom. The molecule has 1 saturated heterocycles. The van der Waals surface area contributed by atoms with Gasteiger partial charge in [0.2, 0.25) is 5.91 Å². The van der Waals surface area contributed by atoms with Gasteiger partial charge in [0.05, 0.1) is 23.2 Å². The molecule has 0 aliphatic carbocycles. The largest absolute Gasteiger partial charge is 0.378 e. The van der Waals surface area contributed by atoms with Gasteiger partial charge in [-0.1, -0.05) is 29.8 Å². The number of rotatable bonds is 7. The second kappa shape index (κ2) is 8.94. The van der Waals surface area contributed by atoms with Gasteiger partial charge in [-0.3, -0.25) is 9.10 Å². The monoisotopic (exact) mass is 422 g/mol. The number of nitrogens with zero attached hydrogens (tertiary/aromatic N) is 1. The Kier molecular flexibility index (Phi) is 6.59. The minimum atomic E-state index is -3.89. The van der Waals surface area contributed by atoms with Gasteiger partial charge < -0.3 is 10.1 Å². The molecule has 3 rings (SSSR count). The van der Waals surface area contributed by atoms with E-state index in [9.17, 15) is 13.2 Å². The zero-order valence-electron chi connectivity index (χ0n) is 15.6. The van der Waals surface area contributed by atoms with Gasteiger partial charge in [0.1, 0.15) is 4.90 Å². The van der Waals surface area contributed by atoms with Crippen LogP contribution < -0.4 is 9.62 Å². The van der Waals surface area contributed by atoms with Crippen LogP contribution in [-0.4, -0.2) is 33.6 Å². The number of anilines is 2. The van der Waals surface area contributed by atoms with E-state index in [1.165, 1.54) is 16.4 Å². The summed E-state index contributed by atoms with van der Waals surface area (Å²) >= 11 is 6.20. The summed E-state index contributed by atoms with van der Waals surface area (Å²) in [6, 6.07) is 13.3. The van der Waals surface area contributed by atoms with Crippen LogP contribution in [0.5, 0.6) is 0 Å². The molecule has 0 spiro atoms. The van der Waals surface area contributed by atoms with Crippen molar-refractivity contribution >= 4 is 38.9 Å². The van der Waals surface area contributed by atoms with Crippen LogP contribution >= 0.6 is 11.6 Å². The molecule has 8 heteroatoms. The van der Waals surface area contributed by atoms with Gasteiger partial charge in [-0.15, -0.1) is 0 Å². The fraction of sp³-hybridized carbons (Fsp3) is 0.350. The van der Waals surface area contributed by atoms with Crippen molar-refractivity contribution in [2.45, 2.75) is 37.2 Å². The quantitative estimate of drug-likeness (QED) is 0.729. The van der Waals surface area contributed by atoms with Crippen molar-refractivity contribution in [1.29, 1.82) is 0 Å². The van der Waals surface area contributed by atoms with E-state index in [0.29, 0.717) is 18.0 Å². The third-order valence-corrected chi connectivity index (χ3v) is 6.94. The lowest BCUT2D eigenvalue weighted by atomic mass is 10.2. The highest BCUT2D eigenvalue weighted by Crippen LogP contribution is 2.30. The maximum atomic E-state index is 13.2. The Labute approximate surface area is 170 Å². The summed E-state index contributed by atoms with van der Waals surface area (Å²) in [5.74, 6) is -0.215. The van der Waals surface area contributed by atoms with Crippen molar-refractivity contribution in [1.82, 2.24) is 0 Å². The fourth-order valence-electron chi connectivity index (χ4n) is 3.21. The zero-order valence-corrected chi connectivity index (χ0v) is 17.2. The summed E-state index contributed by atoms with van der Waals surface area (Å²) in [5.41, 5.74) is 0.934. The Bertz CT molecular complexity index is 928. The third-order valence-electron chi connectivity index (χ3n) is 4.55. The second-order valence-corrected chi connectivity index (χ2v) is 8.78.